The molecule has 2 aliphatic heterocycles. The van der Waals surface area contributed by atoms with Crippen LogP contribution < -0.4 is 0 Å². The van der Waals surface area contributed by atoms with E-state index >= 15 is 0 Å². The Morgan fingerprint density at radius 3 is 2.54 bits per heavy atom. The lowest BCUT2D eigenvalue weighted by Crippen LogP contribution is -2.63. The van der Waals surface area contributed by atoms with Gasteiger partial charge in [0, 0.05) is 12.7 Å². The van der Waals surface area contributed by atoms with Gasteiger partial charge >= 0.3 is 0 Å². The second-order valence-corrected chi connectivity index (χ2v) is 7.31. The zero-order valence-corrected chi connectivity index (χ0v) is 14.1. The first-order chi connectivity index (χ1) is 11.4. The van der Waals surface area contributed by atoms with Gasteiger partial charge in [0.25, 0.3) is 10.1 Å². The number of fused-ring (bicyclic) bond motifs is 1. The molecular weight excluding hydrogens is 340 g/mol. The lowest BCUT2D eigenvalue weighted by atomic mass is 9.98. The van der Waals surface area contributed by atoms with Crippen LogP contribution in [0.15, 0.2) is 30.3 Å². The summed E-state index contributed by atoms with van der Waals surface area (Å²) in [5.41, 5.74) is 0.789. The van der Waals surface area contributed by atoms with Crippen LogP contribution in [0.4, 0.5) is 0 Å². The van der Waals surface area contributed by atoms with Crippen molar-refractivity contribution in [2.45, 2.75) is 37.0 Å². The molecule has 3 rings (SSSR count). The van der Waals surface area contributed by atoms with Crippen molar-refractivity contribution in [3.05, 3.63) is 35.9 Å². The van der Waals surface area contributed by atoms with Crippen molar-refractivity contribution in [2.75, 3.05) is 20.0 Å². The van der Waals surface area contributed by atoms with Crippen LogP contribution in [0.3, 0.4) is 0 Å². The molecule has 0 spiro atoms. The summed E-state index contributed by atoms with van der Waals surface area (Å²) in [7, 11) is -2.47. The highest BCUT2D eigenvalue weighted by Crippen LogP contribution is 2.35. The summed E-state index contributed by atoms with van der Waals surface area (Å²) in [6.45, 7) is 0.173. The van der Waals surface area contributed by atoms with E-state index < -0.39 is 47.1 Å². The summed E-state index contributed by atoms with van der Waals surface area (Å²) in [5, 5.41) is 10.6. The number of hydrogen-bond acceptors (Lipinski definition) is 8. The van der Waals surface area contributed by atoms with Crippen LogP contribution >= 0.6 is 0 Å². The predicted molar refractivity (Wildman–Crippen MR) is 81.4 cm³/mol. The number of hydrogen-bond donors (Lipinski definition) is 1. The van der Waals surface area contributed by atoms with Crippen molar-refractivity contribution in [1.29, 1.82) is 0 Å². The second-order valence-electron chi connectivity index (χ2n) is 5.71. The average Bonchev–Trinajstić information content (AvgIpc) is 2.56. The van der Waals surface area contributed by atoms with Crippen molar-refractivity contribution < 1.29 is 36.7 Å². The van der Waals surface area contributed by atoms with Crippen LogP contribution in [0.5, 0.6) is 0 Å². The van der Waals surface area contributed by atoms with Gasteiger partial charge in [-0.1, -0.05) is 30.3 Å². The molecule has 1 aromatic rings. The Labute approximate surface area is 140 Å². The Balaban J connectivity index is 1.79. The zero-order chi connectivity index (χ0) is 17.3. The summed E-state index contributed by atoms with van der Waals surface area (Å²) < 4.78 is 50.0. The summed E-state index contributed by atoms with van der Waals surface area (Å²) in [6.07, 6.45) is -4.69. The Morgan fingerprint density at radius 1 is 1.21 bits per heavy atom. The molecule has 0 aromatic heterocycles. The van der Waals surface area contributed by atoms with Gasteiger partial charge in [0.05, 0.1) is 12.9 Å². The molecule has 2 heterocycles. The van der Waals surface area contributed by atoms with E-state index in [4.69, 9.17) is 23.1 Å². The van der Waals surface area contributed by atoms with Gasteiger partial charge < -0.3 is 24.1 Å². The molecule has 1 aromatic carbocycles. The third kappa shape index (κ3) is 3.77. The average molecular weight is 360 g/mol. The van der Waals surface area contributed by atoms with Gasteiger partial charge in [-0.2, -0.15) is 8.42 Å². The monoisotopic (exact) mass is 360 g/mol. The molecule has 9 heteroatoms. The van der Waals surface area contributed by atoms with Crippen LogP contribution in [-0.4, -0.2) is 64.2 Å². The topological polar surface area (TPSA) is 101 Å². The summed E-state index contributed by atoms with van der Waals surface area (Å²) in [4.78, 5) is 0. The quantitative estimate of drug-likeness (QED) is 0.759. The first-order valence-electron chi connectivity index (χ1n) is 7.45. The standard InChI is InChI=1S/C15H20O8S/c1-19-15-13(23-24(2,17)18)11(16)12-10(21-15)8-20-14(22-12)9-6-4-3-5-7-9/h3-7,10-16H,8H2,1-2H3/t10-,11+,12+,13+,14+,15-/m1/s1. The van der Waals surface area contributed by atoms with E-state index in [1.807, 2.05) is 30.3 Å². The van der Waals surface area contributed by atoms with E-state index in [0.29, 0.717) is 0 Å². The highest BCUT2D eigenvalue weighted by molar-refractivity contribution is 7.86. The molecule has 2 saturated heterocycles. The molecule has 0 saturated carbocycles. The fourth-order valence-corrected chi connectivity index (χ4v) is 3.45. The largest absolute Gasteiger partial charge is 0.387 e. The van der Waals surface area contributed by atoms with Crippen molar-refractivity contribution >= 4 is 10.1 Å². The minimum absolute atomic E-state index is 0.173. The minimum Gasteiger partial charge on any atom is -0.387 e. The molecular formula is C15H20O8S. The maximum atomic E-state index is 11.4. The smallest absolute Gasteiger partial charge is 0.264 e. The number of ether oxygens (including phenoxy) is 4. The first kappa shape index (κ1) is 17.7. The van der Waals surface area contributed by atoms with Crippen LogP contribution in [0.1, 0.15) is 11.9 Å². The number of aliphatic hydroxyl groups excluding tert-OH is 1. The van der Waals surface area contributed by atoms with Crippen molar-refractivity contribution in [3.8, 4) is 0 Å². The maximum Gasteiger partial charge on any atom is 0.264 e. The Morgan fingerprint density at radius 2 is 1.92 bits per heavy atom. The van der Waals surface area contributed by atoms with E-state index in [1.54, 1.807) is 0 Å². The van der Waals surface area contributed by atoms with Gasteiger partial charge in [-0.15, -0.1) is 0 Å². The fraction of sp³-hybridized carbons (Fsp3) is 0.600. The lowest BCUT2D eigenvalue weighted by molar-refractivity contribution is -0.354. The van der Waals surface area contributed by atoms with Gasteiger partial charge in [0.1, 0.15) is 18.3 Å². The maximum absolute atomic E-state index is 11.4. The summed E-state index contributed by atoms with van der Waals surface area (Å²) >= 11 is 0. The fourth-order valence-electron chi connectivity index (χ4n) is 2.84. The van der Waals surface area contributed by atoms with Crippen LogP contribution in [0.25, 0.3) is 0 Å². The lowest BCUT2D eigenvalue weighted by Gasteiger charge is -2.46. The molecule has 8 nitrogen and oxygen atoms in total. The molecule has 0 aliphatic carbocycles. The molecule has 0 amide bonds. The molecule has 0 radical (unpaired) electrons. The summed E-state index contributed by atoms with van der Waals surface area (Å²) in [6, 6.07) is 9.23. The van der Waals surface area contributed by atoms with Gasteiger partial charge in [-0.25, -0.2) is 0 Å². The van der Waals surface area contributed by atoms with Crippen LogP contribution in [-0.2, 0) is 33.2 Å². The minimum atomic E-state index is -3.81. The zero-order valence-electron chi connectivity index (χ0n) is 13.3. The molecule has 24 heavy (non-hydrogen) atoms. The van der Waals surface area contributed by atoms with E-state index in [2.05, 4.69) is 0 Å². The van der Waals surface area contributed by atoms with Crippen molar-refractivity contribution in [3.63, 3.8) is 0 Å². The highest BCUT2D eigenvalue weighted by Gasteiger charge is 2.51. The van der Waals surface area contributed by atoms with Crippen LogP contribution in [0, 0.1) is 0 Å². The van der Waals surface area contributed by atoms with Gasteiger partial charge in [0.2, 0.25) is 0 Å². The first-order valence-corrected chi connectivity index (χ1v) is 9.27. The van der Waals surface area contributed by atoms with E-state index in [9.17, 15) is 13.5 Å². The second kappa shape index (κ2) is 7.04. The molecule has 6 atom stereocenters. The third-order valence-corrected chi connectivity index (χ3v) is 4.47. The highest BCUT2D eigenvalue weighted by atomic mass is 32.2. The van der Waals surface area contributed by atoms with E-state index in [-0.39, 0.29) is 6.61 Å². The van der Waals surface area contributed by atoms with Crippen molar-refractivity contribution in [1.82, 2.24) is 0 Å². The SMILES string of the molecule is CO[C@@H]1O[C@@H]2CO[C@H](c3ccccc3)O[C@@H]2[C@H](O)[C@@H]1OS(C)(=O)=O. The molecule has 2 fully saturated rings. The van der Waals surface area contributed by atoms with Gasteiger partial charge in [-0.3, -0.25) is 4.18 Å². The summed E-state index contributed by atoms with van der Waals surface area (Å²) in [5.74, 6) is 0. The Kier molecular flexibility index (Phi) is 5.21. The number of aliphatic hydroxyl groups is 1. The molecule has 2 aliphatic rings. The van der Waals surface area contributed by atoms with E-state index in [1.165, 1.54) is 7.11 Å². The molecule has 1 N–H and O–H groups in total. The Hall–Kier alpha value is -1.07. The number of methoxy groups -OCH3 is 1. The Bertz CT molecular complexity index is 649. The number of rotatable bonds is 4. The van der Waals surface area contributed by atoms with Crippen molar-refractivity contribution in [2.24, 2.45) is 0 Å². The molecule has 134 valence electrons. The molecule has 0 unspecified atom stereocenters. The van der Waals surface area contributed by atoms with Gasteiger partial charge in [-0.05, 0) is 0 Å². The van der Waals surface area contributed by atoms with Crippen LogP contribution in [0.2, 0.25) is 0 Å². The van der Waals surface area contributed by atoms with Gasteiger partial charge in [0.15, 0.2) is 18.7 Å². The molecule has 0 bridgehead atoms. The predicted octanol–water partition coefficient (Wildman–Crippen LogP) is 0.178. The normalized spacial score (nSPS) is 37.0. The van der Waals surface area contributed by atoms with E-state index in [0.717, 1.165) is 11.8 Å². The third-order valence-electron chi connectivity index (χ3n) is 3.90. The number of benzene rings is 1.